The van der Waals surface area contributed by atoms with Crippen molar-refractivity contribution in [3.05, 3.63) is 71.5 Å². The van der Waals surface area contributed by atoms with Crippen LogP contribution in [0.5, 0.6) is 5.75 Å². The second-order valence-electron chi connectivity index (χ2n) is 8.75. The van der Waals surface area contributed by atoms with Crippen molar-refractivity contribution < 1.29 is 19.1 Å². The van der Waals surface area contributed by atoms with Gasteiger partial charge in [-0.1, -0.05) is 26.7 Å². The summed E-state index contributed by atoms with van der Waals surface area (Å²) in [5, 5.41) is 0. The average molecular weight is 479 g/mol. The molecule has 6 nitrogen and oxygen atoms in total. The molecule has 0 radical (unpaired) electrons. The zero-order valence-corrected chi connectivity index (χ0v) is 21.3. The monoisotopic (exact) mass is 478 g/mol. The van der Waals surface area contributed by atoms with E-state index in [0.29, 0.717) is 30.0 Å². The van der Waals surface area contributed by atoms with Crippen molar-refractivity contribution in [1.82, 2.24) is 9.30 Å². The minimum absolute atomic E-state index is 0.0806. The Balaban J connectivity index is 1.56. The van der Waals surface area contributed by atoms with E-state index in [-0.39, 0.29) is 11.8 Å². The Kier molecular flexibility index (Phi) is 10.4. The summed E-state index contributed by atoms with van der Waals surface area (Å²) in [7, 11) is 0. The topological polar surface area (TPSA) is 60.2 Å². The zero-order valence-electron chi connectivity index (χ0n) is 21.3. The molecule has 0 bridgehead atoms. The van der Waals surface area contributed by atoms with Gasteiger partial charge in [-0.3, -0.25) is 4.79 Å². The van der Waals surface area contributed by atoms with E-state index in [9.17, 15) is 9.59 Å². The molecule has 0 N–H and O–H groups in total. The van der Waals surface area contributed by atoms with E-state index in [0.717, 1.165) is 37.3 Å². The molecule has 3 rings (SSSR count). The molecule has 3 aromatic rings. The van der Waals surface area contributed by atoms with Crippen LogP contribution in [0.4, 0.5) is 0 Å². The number of benzene rings is 1. The van der Waals surface area contributed by atoms with Crippen LogP contribution >= 0.6 is 0 Å². The summed E-state index contributed by atoms with van der Waals surface area (Å²) in [6, 6.07) is 14.3. The molecule has 0 amide bonds. The summed E-state index contributed by atoms with van der Waals surface area (Å²) < 4.78 is 12.8. The SMILES string of the molecule is CCCCN(CCCC)CCCOc1ccc(C(=O)c2ccc3cc(C(=O)OCC)ccn23)cc1. The molecule has 2 aromatic heterocycles. The minimum Gasteiger partial charge on any atom is -0.494 e. The van der Waals surface area contributed by atoms with E-state index in [4.69, 9.17) is 9.47 Å². The molecular weight excluding hydrogens is 440 g/mol. The number of carbonyl (C=O) groups is 2. The number of carbonyl (C=O) groups excluding carboxylic acids is 2. The van der Waals surface area contributed by atoms with Crippen molar-refractivity contribution in [1.29, 1.82) is 0 Å². The van der Waals surface area contributed by atoms with E-state index >= 15 is 0 Å². The van der Waals surface area contributed by atoms with E-state index in [2.05, 4.69) is 18.7 Å². The van der Waals surface area contributed by atoms with Crippen LogP contribution in [0.15, 0.2) is 54.7 Å². The van der Waals surface area contributed by atoms with Gasteiger partial charge in [-0.05, 0) is 87.8 Å². The predicted octanol–water partition coefficient (Wildman–Crippen LogP) is 6.02. The number of aromatic nitrogens is 1. The van der Waals surface area contributed by atoms with Crippen LogP contribution in [0.25, 0.3) is 5.52 Å². The summed E-state index contributed by atoms with van der Waals surface area (Å²) in [4.78, 5) is 27.6. The van der Waals surface area contributed by atoms with E-state index in [1.807, 2.05) is 18.2 Å². The number of fused-ring (bicyclic) bond motifs is 1. The van der Waals surface area contributed by atoms with E-state index in [1.54, 1.807) is 47.9 Å². The van der Waals surface area contributed by atoms with Gasteiger partial charge in [0.15, 0.2) is 0 Å². The molecule has 6 heteroatoms. The normalized spacial score (nSPS) is 11.2. The van der Waals surface area contributed by atoms with Crippen molar-refractivity contribution in [2.24, 2.45) is 0 Å². The van der Waals surface area contributed by atoms with Crippen LogP contribution in [-0.2, 0) is 4.74 Å². The summed E-state index contributed by atoms with van der Waals surface area (Å²) in [5.41, 5.74) is 2.38. The molecule has 0 unspecified atom stereocenters. The van der Waals surface area contributed by atoms with Gasteiger partial charge in [0.25, 0.3) is 0 Å². The van der Waals surface area contributed by atoms with Gasteiger partial charge < -0.3 is 18.8 Å². The number of ketones is 1. The third-order valence-corrected chi connectivity index (χ3v) is 6.06. The molecule has 0 atom stereocenters. The summed E-state index contributed by atoms with van der Waals surface area (Å²) >= 11 is 0. The van der Waals surface area contributed by atoms with Crippen molar-refractivity contribution in [3.63, 3.8) is 0 Å². The number of pyridine rings is 1. The first-order chi connectivity index (χ1) is 17.1. The molecular formula is C29H38N2O4. The molecule has 1 aromatic carbocycles. The van der Waals surface area contributed by atoms with E-state index in [1.165, 1.54) is 25.7 Å². The van der Waals surface area contributed by atoms with Gasteiger partial charge in [0, 0.05) is 23.8 Å². The van der Waals surface area contributed by atoms with Crippen LogP contribution in [-0.4, -0.2) is 53.9 Å². The van der Waals surface area contributed by atoms with Gasteiger partial charge in [0.2, 0.25) is 5.78 Å². The van der Waals surface area contributed by atoms with Crippen molar-refractivity contribution in [2.75, 3.05) is 32.8 Å². The quantitative estimate of drug-likeness (QED) is 0.152. The summed E-state index contributed by atoms with van der Waals surface area (Å²) in [5.74, 6) is 0.325. The zero-order chi connectivity index (χ0) is 25.0. The molecule has 0 saturated heterocycles. The highest BCUT2D eigenvalue weighted by Gasteiger charge is 2.15. The second-order valence-corrected chi connectivity index (χ2v) is 8.75. The Morgan fingerprint density at radius 3 is 2.17 bits per heavy atom. The number of esters is 1. The lowest BCUT2D eigenvalue weighted by Gasteiger charge is -2.21. The van der Waals surface area contributed by atoms with Gasteiger partial charge in [0.1, 0.15) is 5.75 Å². The Hall–Kier alpha value is -3.12. The largest absolute Gasteiger partial charge is 0.494 e. The van der Waals surface area contributed by atoms with Gasteiger partial charge in [-0.2, -0.15) is 0 Å². The minimum atomic E-state index is -0.366. The number of unbranched alkanes of at least 4 members (excludes halogenated alkanes) is 2. The number of hydrogen-bond donors (Lipinski definition) is 0. The Bertz CT molecular complexity index is 1080. The lowest BCUT2D eigenvalue weighted by molar-refractivity contribution is 0.0526. The first-order valence-corrected chi connectivity index (χ1v) is 12.9. The Morgan fingerprint density at radius 2 is 1.51 bits per heavy atom. The van der Waals surface area contributed by atoms with Crippen LogP contribution < -0.4 is 4.74 Å². The van der Waals surface area contributed by atoms with Gasteiger partial charge >= 0.3 is 5.97 Å². The molecule has 0 aliphatic rings. The Labute approximate surface area is 208 Å². The van der Waals surface area contributed by atoms with Crippen molar-refractivity contribution >= 4 is 17.3 Å². The van der Waals surface area contributed by atoms with Crippen molar-refractivity contribution in [2.45, 2.75) is 52.9 Å². The van der Waals surface area contributed by atoms with Gasteiger partial charge in [-0.25, -0.2) is 4.79 Å². The van der Waals surface area contributed by atoms with Crippen molar-refractivity contribution in [3.8, 4) is 5.75 Å². The molecule has 188 valence electrons. The fraction of sp³-hybridized carbons (Fsp3) is 0.448. The maximum Gasteiger partial charge on any atom is 0.338 e. The molecule has 0 aliphatic heterocycles. The maximum absolute atomic E-state index is 13.1. The third kappa shape index (κ3) is 7.43. The third-order valence-electron chi connectivity index (χ3n) is 6.06. The highest BCUT2D eigenvalue weighted by atomic mass is 16.5. The average Bonchev–Trinajstić information content (AvgIpc) is 3.31. The standard InChI is InChI=1S/C29H38N2O4/c1-4-7-17-30(18-8-5-2)19-9-21-35-26-13-10-23(11-14-26)28(32)27-15-12-25-22-24(16-20-31(25)27)29(33)34-6-3/h10-16,20,22H,4-9,17-19,21H2,1-3H3. The van der Waals surface area contributed by atoms with E-state index < -0.39 is 0 Å². The lowest BCUT2D eigenvalue weighted by Crippen LogP contribution is -2.28. The van der Waals surface area contributed by atoms with Crippen LogP contribution in [0.1, 0.15) is 79.3 Å². The molecule has 0 saturated carbocycles. The first-order valence-electron chi connectivity index (χ1n) is 12.9. The van der Waals surface area contributed by atoms with Crippen LogP contribution in [0, 0.1) is 0 Å². The number of rotatable bonds is 15. The molecule has 0 spiro atoms. The number of ether oxygens (including phenoxy) is 2. The first kappa shape index (κ1) is 26.5. The fourth-order valence-electron chi connectivity index (χ4n) is 4.06. The fourth-order valence-corrected chi connectivity index (χ4v) is 4.06. The Morgan fingerprint density at radius 1 is 0.829 bits per heavy atom. The molecule has 2 heterocycles. The van der Waals surface area contributed by atoms with Gasteiger partial charge in [0.05, 0.1) is 24.5 Å². The summed E-state index contributed by atoms with van der Waals surface area (Å²) in [6.45, 7) is 10.6. The number of nitrogens with zero attached hydrogens (tertiary/aromatic N) is 2. The maximum atomic E-state index is 13.1. The molecule has 35 heavy (non-hydrogen) atoms. The highest BCUT2D eigenvalue weighted by Crippen LogP contribution is 2.19. The van der Waals surface area contributed by atoms with Crippen LogP contribution in [0.2, 0.25) is 0 Å². The number of hydrogen-bond acceptors (Lipinski definition) is 5. The lowest BCUT2D eigenvalue weighted by atomic mass is 10.1. The summed E-state index contributed by atoms with van der Waals surface area (Å²) in [6.07, 6.45) is 7.64. The molecule has 0 aliphatic carbocycles. The second kappa shape index (κ2) is 13.7. The van der Waals surface area contributed by atoms with Gasteiger partial charge in [-0.15, -0.1) is 0 Å². The predicted molar refractivity (Wildman–Crippen MR) is 140 cm³/mol. The smallest absolute Gasteiger partial charge is 0.338 e. The highest BCUT2D eigenvalue weighted by molar-refractivity contribution is 6.08. The van der Waals surface area contributed by atoms with Crippen LogP contribution in [0.3, 0.4) is 0 Å². The molecule has 0 fully saturated rings.